The van der Waals surface area contributed by atoms with E-state index in [1.54, 1.807) is 6.08 Å². The first kappa shape index (κ1) is 22.3. The van der Waals surface area contributed by atoms with E-state index in [1.807, 2.05) is 64.1 Å². The average Bonchev–Trinajstić information content (AvgIpc) is 2.98. The first-order valence-corrected chi connectivity index (χ1v) is 14.1. The van der Waals surface area contributed by atoms with E-state index < -0.39 is 0 Å². The van der Waals surface area contributed by atoms with Crippen molar-refractivity contribution in [2.75, 3.05) is 0 Å². The van der Waals surface area contributed by atoms with Gasteiger partial charge in [0, 0.05) is 42.8 Å². The number of allylic oxidation sites excluding steroid dienone is 1. The van der Waals surface area contributed by atoms with Gasteiger partial charge in [-0.1, -0.05) is 76.2 Å². The zero-order valence-corrected chi connectivity index (χ0v) is 18.7. The molecule has 0 aromatic heterocycles. The summed E-state index contributed by atoms with van der Waals surface area (Å²) in [5.74, 6) is 0.110. The van der Waals surface area contributed by atoms with Gasteiger partial charge < -0.3 is 0 Å². The molecule has 23 heavy (non-hydrogen) atoms. The van der Waals surface area contributed by atoms with Crippen molar-refractivity contribution in [3.05, 3.63) is 76.9 Å². The fraction of sp³-hybridized carbons (Fsp3) is 0.250. The lowest BCUT2D eigenvalue weighted by molar-refractivity contribution is 0.105. The summed E-state index contributed by atoms with van der Waals surface area (Å²) in [4.78, 5) is 11.9. The van der Waals surface area contributed by atoms with Gasteiger partial charge in [-0.2, -0.15) is 0 Å². The van der Waals surface area contributed by atoms with Crippen LogP contribution in [0.4, 0.5) is 0 Å². The highest BCUT2D eigenvalue weighted by molar-refractivity contribution is 15.0. The minimum Gasteiger partial charge on any atom is -0.289 e. The maximum Gasteiger partial charge on any atom is 0.187 e. The Hall–Kier alpha value is -0.690. The van der Waals surface area contributed by atoms with E-state index in [0.717, 1.165) is 22.3 Å². The summed E-state index contributed by atoms with van der Waals surface area (Å²) in [6, 6.07) is 15.9. The molecule has 0 bridgehead atoms. The first-order valence-electron chi connectivity index (χ1n) is 7.83. The molecule has 0 amide bonds. The maximum atomic E-state index is 11.9. The van der Waals surface area contributed by atoms with Gasteiger partial charge in [-0.3, -0.25) is 4.79 Å². The van der Waals surface area contributed by atoms with Crippen LogP contribution in [0.15, 0.2) is 54.6 Å². The monoisotopic (exact) mass is 534 g/mol. The molecule has 1 aliphatic rings. The summed E-state index contributed by atoms with van der Waals surface area (Å²) in [6.07, 6.45) is 1.74. The van der Waals surface area contributed by atoms with Gasteiger partial charge in [-0.25, -0.2) is 0 Å². The van der Waals surface area contributed by atoms with E-state index in [1.165, 1.54) is 5.56 Å². The quantitative estimate of drug-likeness (QED) is 0.348. The summed E-state index contributed by atoms with van der Waals surface area (Å²) in [7, 11) is 0. The first-order chi connectivity index (χ1) is 11.3. The number of rotatable bonds is 1. The van der Waals surface area contributed by atoms with Crippen LogP contribution in [-0.2, 0) is 0 Å². The second-order valence-electron chi connectivity index (χ2n) is 4.28. The second-order valence-corrected chi connectivity index (χ2v) is 4.28. The van der Waals surface area contributed by atoms with Crippen molar-refractivity contribution in [2.45, 2.75) is 34.6 Å². The lowest BCUT2D eigenvalue weighted by Gasteiger charge is -2.08. The van der Waals surface area contributed by atoms with E-state index in [-0.39, 0.29) is 5.78 Å². The van der Waals surface area contributed by atoms with Crippen LogP contribution in [-0.4, -0.2) is 5.78 Å². The van der Waals surface area contributed by atoms with Crippen molar-refractivity contribution in [1.29, 1.82) is 0 Å². The predicted octanol–water partition coefficient (Wildman–Crippen LogP) is 7.45. The third-order valence-electron chi connectivity index (χ3n) is 3.19. The summed E-state index contributed by atoms with van der Waals surface area (Å²) < 4.78 is 0. The summed E-state index contributed by atoms with van der Waals surface area (Å²) in [6.45, 7) is 10.1. The average molecular weight is 534 g/mol. The molecule has 0 spiro atoms. The van der Waals surface area contributed by atoms with Crippen LogP contribution in [0.1, 0.15) is 54.7 Å². The number of fused-ring (bicyclic) bond motifs is 1. The van der Waals surface area contributed by atoms with E-state index in [9.17, 15) is 4.79 Å². The Balaban J connectivity index is 0.000000728. The molecule has 0 saturated carbocycles. The van der Waals surface area contributed by atoms with Gasteiger partial charge in [0.05, 0.1) is 0 Å². The highest BCUT2D eigenvalue weighted by atomic mass is 128. The lowest BCUT2D eigenvalue weighted by Crippen LogP contribution is -1.91. The molecule has 0 heterocycles. The molecule has 3 rings (SSSR count). The third-order valence-corrected chi connectivity index (χ3v) is 3.19. The third kappa shape index (κ3) is 5.71. The number of halogens is 2. The number of hydrogen-bond donors (Lipinski definition) is 0. The number of ketones is 1. The summed E-state index contributed by atoms with van der Waals surface area (Å²) in [5, 5.41) is 0. The van der Waals surface area contributed by atoms with E-state index in [4.69, 9.17) is 0 Å². The molecule has 0 aliphatic heterocycles. The maximum absolute atomic E-state index is 11.9. The van der Waals surface area contributed by atoms with Crippen molar-refractivity contribution in [2.24, 2.45) is 0 Å². The molecule has 1 aliphatic carbocycles. The minimum absolute atomic E-state index is 0.110. The molecule has 124 valence electrons. The Labute approximate surface area is 163 Å². The molecule has 2 aromatic carbocycles. The van der Waals surface area contributed by atoms with Gasteiger partial charge in [0.15, 0.2) is 5.78 Å². The Morgan fingerprint density at radius 2 is 1.13 bits per heavy atom. The number of aryl methyl sites for hydroxylation is 1. The Kier molecular flexibility index (Phi) is 12.3. The fourth-order valence-corrected chi connectivity index (χ4v) is 2.32. The summed E-state index contributed by atoms with van der Waals surface area (Å²) >= 11 is 4.24. The molecule has 0 saturated heterocycles. The van der Waals surface area contributed by atoms with Crippen molar-refractivity contribution in [3.8, 4) is 0 Å². The van der Waals surface area contributed by atoms with Crippen molar-refractivity contribution < 1.29 is 4.79 Å². The Bertz CT molecular complexity index is 646. The van der Waals surface area contributed by atoms with Crippen LogP contribution >= 0.6 is 37.2 Å². The van der Waals surface area contributed by atoms with Gasteiger partial charge in [0.1, 0.15) is 0 Å². The molecular formula is C20H24I2O. The van der Waals surface area contributed by atoms with Crippen LogP contribution in [0.3, 0.4) is 0 Å². The zero-order valence-electron chi connectivity index (χ0n) is 14.4. The highest BCUT2D eigenvalue weighted by Crippen LogP contribution is 2.33. The van der Waals surface area contributed by atoms with Crippen LogP contribution < -0.4 is 0 Å². The van der Waals surface area contributed by atoms with E-state index in [2.05, 4.69) is 56.3 Å². The van der Waals surface area contributed by atoms with Gasteiger partial charge in [-0.05, 0) is 35.3 Å². The number of carbonyl (C=O) groups is 1. The molecule has 0 unspecified atom stereocenters. The normalized spacial score (nSPS) is 10.7. The van der Waals surface area contributed by atoms with Crippen molar-refractivity contribution in [3.63, 3.8) is 0 Å². The van der Waals surface area contributed by atoms with Crippen LogP contribution in [0.2, 0.25) is 0 Å². The molecule has 3 heteroatoms. The van der Waals surface area contributed by atoms with Crippen LogP contribution in [0.25, 0.3) is 5.57 Å². The molecule has 0 N–H and O–H groups in total. The predicted molar refractivity (Wildman–Crippen MR) is 120 cm³/mol. The van der Waals surface area contributed by atoms with E-state index in [0.29, 0.717) is 0 Å². The number of benzene rings is 2. The molecule has 0 atom stereocenters. The fourth-order valence-electron chi connectivity index (χ4n) is 2.32. The minimum atomic E-state index is 0.110. The highest BCUT2D eigenvalue weighted by Gasteiger charge is 2.21. The van der Waals surface area contributed by atoms with Gasteiger partial charge in [-0.15, -0.1) is 0 Å². The molecule has 0 radical (unpaired) electrons. The Morgan fingerprint density at radius 1 is 0.696 bits per heavy atom. The number of carbonyl (C=O) groups excluding carboxylic acids is 1. The van der Waals surface area contributed by atoms with Crippen molar-refractivity contribution in [1.82, 2.24) is 0 Å². The standard InChI is InChI=1S/C16H12O.2C2H6.I2/c1-11-6-2-3-7-12(11)15-10-16(17)14-9-5-4-8-13(14)15;3*1-2/h2-10H,1H3;2*1-2H3;. The second kappa shape index (κ2) is 12.7. The molecule has 1 nitrogen and oxygen atoms in total. The van der Waals surface area contributed by atoms with Crippen LogP contribution in [0, 0.1) is 6.92 Å². The van der Waals surface area contributed by atoms with Gasteiger partial charge in [0.2, 0.25) is 0 Å². The van der Waals surface area contributed by atoms with Crippen molar-refractivity contribution >= 4 is 48.6 Å². The topological polar surface area (TPSA) is 17.1 Å². The SMILES string of the molecule is CC.CC.Cc1ccccc1C1=CC(=O)c2ccccc21.II. The smallest absolute Gasteiger partial charge is 0.187 e. The van der Waals surface area contributed by atoms with E-state index >= 15 is 0 Å². The lowest BCUT2D eigenvalue weighted by atomic mass is 9.96. The largest absolute Gasteiger partial charge is 0.289 e. The molecule has 2 aromatic rings. The van der Waals surface area contributed by atoms with Gasteiger partial charge >= 0.3 is 0 Å². The summed E-state index contributed by atoms with van der Waals surface area (Å²) in [5.41, 5.74) is 5.25. The molecular weight excluding hydrogens is 510 g/mol. The van der Waals surface area contributed by atoms with Crippen LogP contribution in [0.5, 0.6) is 0 Å². The zero-order chi connectivity index (χ0) is 17.8. The van der Waals surface area contributed by atoms with Gasteiger partial charge in [0.25, 0.3) is 0 Å². The molecule has 0 fully saturated rings. The number of hydrogen-bond acceptors (Lipinski definition) is 1. The Morgan fingerprint density at radius 3 is 1.65 bits per heavy atom.